The van der Waals surface area contributed by atoms with E-state index in [1.807, 2.05) is 22.9 Å². The smallest absolute Gasteiger partial charge is 0.228 e. The standard InChI is InChI=1S/C15H19N3O2S2/c1-9(2)12-8-22-15(17-12)18-14(20)7-11(16-10(3)19)13-5-4-6-21-13/h4-6,8-9,11H,7H2,1-3H3,(H,16,19)(H,17,18,20)/t11-/m1/s1. The van der Waals surface area contributed by atoms with Gasteiger partial charge in [-0.15, -0.1) is 22.7 Å². The fraction of sp³-hybridized carbons (Fsp3) is 0.400. The number of hydrogen-bond acceptors (Lipinski definition) is 5. The van der Waals surface area contributed by atoms with Crippen molar-refractivity contribution in [1.29, 1.82) is 0 Å². The Labute approximate surface area is 137 Å². The zero-order valence-corrected chi connectivity index (χ0v) is 14.4. The Hall–Kier alpha value is -1.73. The SMILES string of the molecule is CC(=O)N[C@H](CC(=O)Nc1nc(C(C)C)cs1)c1cccs1. The van der Waals surface area contributed by atoms with Crippen molar-refractivity contribution in [3.8, 4) is 0 Å². The number of carbonyl (C=O) groups is 2. The molecule has 2 rings (SSSR count). The Balaban J connectivity index is 1.99. The number of carbonyl (C=O) groups excluding carboxylic acids is 2. The highest BCUT2D eigenvalue weighted by Crippen LogP contribution is 2.24. The molecule has 2 aromatic rings. The highest BCUT2D eigenvalue weighted by atomic mass is 32.1. The van der Waals surface area contributed by atoms with Crippen molar-refractivity contribution in [3.63, 3.8) is 0 Å². The molecule has 0 aliphatic carbocycles. The first-order chi connectivity index (χ1) is 10.5. The molecule has 0 aliphatic rings. The summed E-state index contributed by atoms with van der Waals surface area (Å²) in [5, 5.41) is 10.1. The van der Waals surface area contributed by atoms with Crippen LogP contribution in [0, 0.1) is 0 Å². The largest absolute Gasteiger partial charge is 0.348 e. The van der Waals surface area contributed by atoms with E-state index in [4.69, 9.17) is 0 Å². The normalized spacial score (nSPS) is 12.2. The van der Waals surface area contributed by atoms with Gasteiger partial charge in [-0.05, 0) is 17.4 Å². The van der Waals surface area contributed by atoms with Crippen LogP contribution in [0.5, 0.6) is 0 Å². The first kappa shape index (κ1) is 16.6. The maximum absolute atomic E-state index is 12.2. The number of rotatable bonds is 6. The Morgan fingerprint density at radius 3 is 2.64 bits per heavy atom. The van der Waals surface area contributed by atoms with Crippen molar-refractivity contribution in [2.24, 2.45) is 0 Å². The van der Waals surface area contributed by atoms with Gasteiger partial charge in [0.15, 0.2) is 5.13 Å². The molecule has 2 heterocycles. The van der Waals surface area contributed by atoms with Gasteiger partial charge in [-0.2, -0.15) is 0 Å². The molecular weight excluding hydrogens is 318 g/mol. The molecule has 1 atom stereocenters. The molecule has 0 aliphatic heterocycles. The van der Waals surface area contributed by atoms with Crippen LogP contribution >= 0.6 is 22.7 Å². The lowest BCUT2D eigenvalue weighted by atomic mass is 10.1. The number of nitrogens with zero attached hydrogens (tertiary/aromatic N) is 1. The number of thiophene rings is 1. The summed E-state index contributed by atoms with van der Waals surface area (Å²) in [7, 11) is 0. The summed E-state index contributed by atoms with van der Waals surface area (Å²) in [4.78, 5) is 28.9. The van der Waals surface area contributed by atoms with Crippen LogP contribution in [0.15, 0.2) is 22.9 Å². The van der Waals surface area contributed by atoms with Crippen molar-refractivity contribution in [2.45, 2.75) is 39.2 Å². The van der Waals surface area contributed by atoms with E-state index in [0.29, 0.717) is 11.0 Å². The van der Waals surface area contributed by atoms with Crippen molar-refractivity contribution in [2.75, 3.05) is 5.32 Å². The third-order valence-electron chi connectivity index (χ3n) is 3.01. The van der Waals surface area contributed by atoms with Gasteiger partial charge in [0, 0.05) is 17.2 Å². The summed E-state index contributed by atoms with van der Waals surface area (Å²) >= 11 is 2.94. The first-order valence-electron chi connectivity index (χ1n) is 7.01. The molecule has 5 nitrogen and oxygen atoms in total. The molecule has 2 N–H and O–H groups in total. The molecule has 2 amide bonds. The van der Waals surface area contributed by atoms with E-state index in [1.165, 1.54) is 29.6 Å². The monoisotopic (exact) mass is 337 g/mol. The number of anilines is 1. The van der Waals surface area contributed by atoms with Crippen molar-refractivity contribution >= 4 is 39.6 Å². The number of amides is 2. The number of thiazole rings is 1. The van der Waals surface area contributed by atoms with E-state index >= 15 is 0 Å². The molecule has 0 saturated heterocycles. The molecule has 0 spiro atoms. The average Bonchev–Trinajstić information content (AvgIpc) is 3.08. The van der Waals surface area contributed by atoms with Gasteiger partial charge in [0.2, 0.25) is 11.8 Å². The van der Waals surface area contributed by atoms with Gasteiger partial charge < -0.3 is 10.6 Å². The number of hydrogen-bond donors (Lipinski definition) is 2. The van der Waals surface area contributed by atoms with Gasteiger partial charge in [0.05, 0.1) is 18.2 Å². The minimum absolute atomic E-state index is 0.150. The minimum Gasteiger partial charge on any atom is -0.348 e. The van der Waals surface area contributed by atoms with Crippen molar-refractivity contribution in [1.82, 2.24) is 10.3 Å². The van der Waals surface area contributed by atoms with Crippen LogP contribution in [0.3, 0.4) is 0 Å². The lowest BCUT2D eigenvalue weighted by Gasteiger charge is -2.15. The summed E-state index contributed by atoms with van der Waals surface area (Å²) < 4.78 is 0. The van der Waals surface area contributed by atoms with E-state index in [9.17, 15) is 9.59 Å². The predicted molar refractivity (Wildman–Crippen MR) is 90.3 cm³/mol. The highest BCUT2D eigenvalue weighted by molar-refractivity contribution is 7.14. The van der Waals surface area contributed by atoms with E-state index in [-0.39, 0.29) is 24.3 Å². The second kappa shape index (κ2) is 7.51. The third-order valence-corrected chi connectivity index (χ3v) is 4.78. The van der Waals surface area contributed by atoms with E-state index in [2.05, 4.69) is 29.5 Å². The maximum atomic E-state index is 12.2. The topological polar surface area (TPSA) is 71.1 Å². The van der Waals surface area contributed by atoms with E-state index in [1.54, 1.807) is 0 Å². The van der Waals surface area contributed by atoms with Gasteiger partial charge in [-0.25, -0.2) is 4.98 Å². The third kappa shape index (κ3) is 4.64. The molecule has 22 heavy (non-hydrogen) atoms. The fourth-order valence-electron chi connectivity index (χ4n) is 1.92. The lowest BCUT2D eigenvalue weighted by Crippen LogP contribution is -2.29. The Kier molecular flexibility index (Phi) is 5.68. The summed E-state index contributed by atoms with van der Waals surface area (Å²) in [5.74, 6) is 0.0273. The van der Waals surface area contributed by atoms with Gasteiger partial charge in [0.25, 0.3) is 0 Å². The van der Waals surface area contributed by atoms with Gasteiger partial charge in [-0.1, -0.05) is 19.9 Å². The minimum atomic E-state index is -0.304. The van der Waals surface area contributed by atoms with Crippen LogP contribution < -0.4 is 10.6 Å². The Morgan fingerprint density at radius 1 is 1.32 bits per heavy atom. The molecule has 0 radical (unpaired) electrons. The fourth-order valence-corrected chi connectivity index (χ4v) is 3.59. The molecule has 118 valence electrons. The zero-order valence-electron chi connectivity index (χ0n) is 12.8. The Bertz CT molecular complexity index is 635. The highest BCUT2D eigenvalue weighted by Gasteiger charge is 2.19. The van der Waals surface area contributed by atoms with E-state index in [0.717, 1.165) is 10.6 Å². The Morgan fingerprint density at radius 2 is 2.09 bits per heavy atom. The molecule has 2 aromatic heterocycles. The lowest BCUT2D eigenvalue weighted by molar-refractivity contribution is -0.120. The van der Waals surface area contributed by atoms with Crippen molar-refractivity contribution < 1.29 is 9.59 Å². The summed E-state index contributed by atoms with van der Waals surface area (Å²) in [5.41, 5.74) is 0.969. The average molecular weight is 337 g/mol. The summed E-state index contributed by atoms with van der Waals surface area (Å²) in [6.45, 7) is 5.57. The summed E-state index contributed by atoms with van der Waals surface area (Å²) in [6, 6.07) is 3.52. The molecule has 0 saturated carbocycles. The molecule has 0 unspecified atom stereocenters. The maximum Gasteiger partial charge on any atom is 0.228 e. The van der Waals surface area contributed by atoms with Gasteiger partial charge in [-0.3, -0.25) is 9.59 Å². The second-order valence-corrected chi connectivity index (χ2v) is 7.09. The summed E-state index contributed by atoms with van der Waals surface area (Å²) in [6.07, 6.45) is 0.191. The van der Waals surface area contributed by atoms with Crippen LogP contribution in [0.2, 0.25) is 0 Å². The number of nitrogens with one attached hydrogen (secondary N) is 2. The van der Waals surface area contributed by atoms with Crippen LogP contribution in [-0.2, 0) is 9.59 Å². The molecular formula is C15H19N3O2S2. The van der Waals surface area contributed by atoms with Crippen LogP contribution in [0.4, 0.5) is 5.13 Å². The first-order valence-corrected chi connectivity index (χ1v) is 8.77. The van der Waals surface area contributed by atoms with Crippen LogP contribution in [0.1, 0.15) is 49.7 Å². The second-order valence-electron chi connectivity index (χ2n) is 5.25. The molecule has 7 heteroatoms. The van der Waals surface area contributed by atoms with Crippen LogP contribution in [-0.4, -0.2) is 16.8 Å². The molecule has 0 fully saturated rings. The van der Waals surface area contributed by atoms with Crippen molar-refractivity contribution in [3.05, 3.63) is 33.5 Å². The molecule has 0 aromatic carbocycles. The number of aromatic nitrogens is 1. The van der Waals surface area contributed by atoms with Gasteiger partial charge in [0.1, 0.15) is 0 Å². The van der Waals surface area contributed by atoms with Gasteiger partial charge >= 0.3 is 0 Å². The predicted octanol–water partition coefficient (Wildman–Crippen LogP) is 3.53. The van der Waals surface area contributed by atoms with E-state index < -0.39 is 0 Å². The zero-order chi connectivity index (χ0) is 16.1. The molecule has 0 bridgehead atoms. The van der Waals surface area contributed by atoms with Crippen LogP contribution in [0.25, 0.3) is 0 Å². The quantitative estimate of drug-likeness (QED) is 0.847.